The number of halogens is 1. The second-order valence-electron chi connectivity index (χ2n) is 6.07. The first-order chi connectivity index (χ1) is 9.72. The smallest absolute Gasteiger partial charge is 0.141 e. The summed E-state index contributed by atoms with van der Waals surface area (Å²) in [5, 5.41) is 3.53. The van der Waals surface area contributed by atoms with Crippen LogP contribution in [0.3, 0.4) is 0 Å². The molecule has 2 aliphatic rings. The molecule has 1 N–H and O–H groups in total. The predicted molar refractivity (Wildman–Crippen MR) is 75.9 cm³/mol. The molecule has 1 aliphatic carbocycles. The zero-order valence-electron chi connectivity index (χ0n) is 12.1. The van der Waals surface area contributed by atoms with Crippen LogP contribution in [0.5, 0.6) is 0 Å². The Balaban J connectivity index is 1.77. The van der Waals surface area contributed by atoms with Crippen LogP contribution in [0.25, 0.3) is 0 Å². The van der Waals surface area contributed by atoms with Crippen molar-refractivity contribution in [2.75, 3.05) is 13.2 Å². The Morgan fingerprint density at radius 1 is 1.50 bits per heavy atom. The Morgan fingerprint density at radius 3 is 2.95 bits per heavy atom. The average Bonchev–Trinajstić information content (AvgIpc) is 2.44. The number of pyridine rings is 1. The highest BCUT2D eigenvalue weighted by molar-refractivity contribution is 5.12. The maximum atomic E-state index is 13.1. The Morgan fingerprint density at radius 2 is 2.35 bits per heavy atom. The van der Waals surface area contributed by atoms with Gasteiger partial charge in [-0.05, 0) is 56.7 Å². The van der Waals surface area contributed by atoms with Gasteiger partial charge in [0, 0.05) is 6.61 Å². The highest BCUT2D eigenvalue weighted by Crippen LogP contribution is 2.46. The lowest BCUT2D eigenvalue weighted by Gasteiger charge is -2.48. The molecular formula is C16H23FN2O. The van der Waals surface area contributed by atoms with Crippen molar-refractivity contribution in [2.45, 2.75) is 50.7 Å². The minimum Gasteiger partial charge on any atom is -0.375 e. The molecule has 1 spiro atoms. The van der Waals surface area contributed by atoms with Gasteiger partial charge in [0.1, 0.15) is 5.82 Å². The molecule has 0 bridgehead atoms. The number of aromatic nitrogens is 1. The van der Waals surface area contributed by atoms with Crippen molar-refractivity contribution in [3.8, 4) is 0 Å². The maximum absolute atomic E-state index is 13.1. The van der Waals surface area contributed by atoms with E-state index in [-0.39, 0.29) is 17.5 Å². The number of rotatable bonds is 4. The molecule has 1 aromatic heterocycles. The van der Waals surface area contributed by atoms with Crippen molar-refractivity contribution < 1.29 is 9.13 Å². The minimum absolute atomic E-state index is 0.136. The summed E-state index contributed by atoms with van der Waals surface area (Å²) >= 11 is 0. The van der Waals surface area contributed by atoms with Crippen molar-refractivity contribution in [3.05, 3.63) is 29.8 Å². The van der Waals surface area contributed by atoms with Gasteiger partial charge in [-0.3, -0.25) is 4.98 Å². The third-order valence-electron chi connectivity index (χ3n) is 4.76. The maximum Gasteiger partial charge on any atom is 0.141 e. The molecule has 1 aliphatic heterocycles. The quantitative estimate of drug-likeness (QED) is 0.918. The first kappa shape index (κ1) is 14.0. The lowest BCUT2D eigenvalue weighted by Crippen LogP contribution is -2.48. The Bertz CT molecular complexity index is 444. The molecule has 2 heterocycles. The summed E-state index contributed by atoms with van der Waals surface area (Å²) in [5.41, 5.74) is 1.09. The van der Waals surface area contributed by atoms with Crippen LogP contribution in [0.4, 0.5) is 4.39 Å². The molecule has 2 unspecified atom stereocenters. The molecule has 20 heavy (non-hydrogen) atoms. The molecule has 110 valence electrons. The molecule has 1 saturated heterocycles. The lowest BCUT2D eigenvalue weighted by molar-refractivity contribution is -0.147. The molecule has 4 heteroatoms. The first-order valence-corrected chi connectivity index (χ1v) is 7.71. The monoisotopic (exact) mass is 278 g/mol. The van der Waals surface area contributed by atoms with E-state index in [4.69, 9.17) is 4.74 Å². The molecule has 3 rings (SSSR count). The summed E-state index contributed by atoms with van der Waals surface area (Å²) in [6.45, 7) is 3.84. The summed E-state index contributed by atoms with van der Waals surface area (Å²) < 4.78 is 19.1. The molecule has 0 aromatic carbocycles. The molecular weight excluding hydrogens is 255 g/mol. The fraction of sp³-hybridized carbons (Fsp3) is 0.688. The number of nitrogens with zero attached hydrogens (tertiary/aromatic N) is 1. The van der Waals surface area contributed by atoms with E-state index in [1.165, 1.54) is 31.5 Å². The summed E-state index contributed by atoms with van der Waals surface area (Å²) in [6, 6.07) is 3.53. The van der Waals surface area contributed by atoms with Crippen LogP contribution in [-0.4, -0.2) is 23.7 Å². The van der Waals surface area contributed by atoms with Gasteiger partial charge in [0.15, 0.2) is 0 Å². The van der Waals surface area contributed by atoms with Crippen LogP contribution in [0.1, 0.15) is 50.8 Å². The van der Waals surface area contributed by atoms with Gasteiger partial charge in [-0.2, -0.15) is 0 Å². The highest BCUT2D eigenvalue weighted by atomic mass is 19.1. The largest absolute Gasteiger partial charge is 0.375 e. The van der Waals surface area contributed by atoms with Gasteiger partial charge in [0.25, 0.3) is 0 Å². The van der Waals surface area contributed by atoms with Gasteiger partial charge in [0.05, 0.1) is 23.5 Å². The van der Waals surface area contributed by atoms with E-state index in [1.54, 1.807) is 0 Å². The third kappa shape index (κ3) is 2.72. The number of hydrogen-bond donors (Lipinski definition) is 1. The van der Waals surface area contributed by atoms with E-state index in [9.17, 15) is 4.39 Å². The summed E-state index contributed by atoms with van der Waals surface area (Å²) in [4.78, 5) is 4.29. The zero-order chi connectivity index (χ0) is 14.0. The van der Waals surface area contributed by atoms with E-state index in [2.05, 4.69) is 17.2 Å². The summed E-state index contributed by atoms with van der Waals surface area (Å²) in [5.74, 6) is 0.258. The second-order valence-corrected chi connectivity index (χ2v) is 6.07. The highest BCUT2D eigenvalue weighted by Gasteiger charge is 2.44. The van der Waals surface area contributed by atoms with Crippen LogP contribution in [0.15, 0.2) is 18.3 Å². The Hall–Kier alpha value is -1.00. The van der Waals surface area contributed by atoms with E-state index in [0.29, 0.717) is 5.92 Å². The molecule has 0 amide bonds. The Labute approximate surface area is 119 Å². The first-order valence-electron chi connectivity index (χ1n) is 7.71. The number of hydrogen-bond acceptors (Lipinski definition) is 3. The van der Waals surface area contributed by atoms with Gasteiger partial charge in [0.2, 0.25) is 0 Å². The molecule has 1 saturated carbocycles. The summed E-state index contributed by atoms with van der Waals surface area (Å²) in [6.07, 6.45) is 7.14. The van der Waals surface area contributed by atoms with Crippen LogP contribution < -0.4 is 5.32 Å². The van der Waals surface area contributed by atoms with Crippen LogP contribution in [0.2, 0.25) is 0 Å². The van der Waals surface area contributed by atoms with Crippen molar-refractivity contribution in [2.24, 2.45) is 5.92 Å². The number of nitrogens with one attached hydrogen (secondary N) is 1. The normalized spacial score (nSPS) is 26.2. The van der Waals surface area contributed by atoms with Crippen LogP contribution in [-0.2, 0) is 4.74 Å². The summed E-state index contributed by atoms with van der Waals surface area (Å²) in [7, 11) is 0. The van der Waals surface area contributed by atoms with E-state index >= 15 is 0 Å². The van der Waals surface area contributed by atoms with Gasteiger partial charge in [-0.25, -0.2) is 4.39 Å². The molecule has 3 nitrogen and oxygen atoms in total. The van der Waals surface area contributed by atoms with E-state index in [0.717, 1.165) is 31.7 Å². The second kappa shape index (κ2) is 5.78. The van der Waals surface area contributed by atoms with Crippen molar-refractivity contribution in [1.29, 1.82) is 0 Å². The average molecular weight is 278 g/mol. The SMILES string of the molecule is CCNC(c1ccc(F)cn1)C1CCOC2(CCC2)C1. The topological polar surface area (TPSA) is 34.2 Å². The van der Waals surface area contributed by atoms with Crippen LogP contribution in [0, 0.1) is 11.7 Å². The van der Waals surface area contributed by atoms with E-state index < -0.39 is 0 Å². The van der Waals surface area contributed by atoms with Gasteiger partial charge in [-0.1, -0.05) is 6.92 Å². The van der Waals surface area contributed by atoms with Gasteiger partial charge < -0.3 is 10.1 Å². The molecule has 0 radical (unpaired) electrons. The minimum atomic E-state index is -0.272. The fourth-order valence-corrected chi connectivity index (χ4v) is 3.57. The van der Waals surface area contributed by atoms with Gasteiger partial charge in [-0.15, -0.1) is 0 Å². The van der Waals surface area contributed by atoms with Crippen molar-refractivity contribution in [1.82, 2.24) is 10.3 Å². The standard InChI is InChI=1S/C16H23FN2O/c1-2-18-15(14-5-4-13(17)11-19-14)12-6-9-20-16(10-12)7-3-8-16/h4-5,11-12,15,18H,2-3,6-10H2,1H3. The zero-order valence-corrected chi connectivity index (χ0v) is 12.1. The van der Waals surface area contributed by atoms with E-state index in [1.807, 2.05) is 6.07 Å². The van der Waals surface area contributed by atoms with Crippen molar-refractivity contribution >= 4 is 0 Å². The van der Waals surface area contributed by atoms with Crippen molar-refractivity contribution in [3.63, 3.8) is 0 Å². The predicted octanol–water partition coefficient (Wildman–Crippen LogP) is 3.22. The Kier molecular flexibility index (Phi) is 4.03. The third-order valence-corrected chi connectivity index (χ3v) is 4.76. The molecule has 1 aromatic rings. The number of ether oxygens (including phenoxy) is 1. The van der Waals surface area contributed by atoms with Gasteiger partial charge >= 0.3 is 0 Å². The fourth-order valence-electron chi connectivity index (χ4n) is 3.57. The molecule has 2 fully saturated rings. The molecule has 2 atom stereocenters. The van der Waals surface area contributed by atoms with Crippen LogP contribution >= 0.6 is 0 Å². The lowest BCUT2D eigenvalue weighted by atomic mass is 9.70.